The number of alkyl halides is 2. The summed E-state index contributed by atoms with van der Waals surface area (Å²) in [5.41, 5.74) is 1.05. The van der Waals surface area contributed by atoms with Crippen molar-refractivity contribution in [3.05, 3.63) is 65.2 Å². The summed E-state index contributed by atoms with van der Waals surface area (Å²) in [6.45, 7) is -2.50. The first-order chi connectivity index (χ1) is 15.2. The largest absolute Gasteiger partial charge is 0.434 e. The van der Waals surface area contributed by atoms with Crippen molar-refractivity contribution in [2.75, 3.05) is 26.0 Å². The second-order valence-electron chi connectivity index (χ2n) is 7.14. The number of carbonyl (C=O) groups is 1. The van der Waals surface area contributed by atoms with Crippen LogP contribution in [0, 0.1) is 5.82 Å². The Morgan fingerprint density at radius 2 is 2.03 bits per heavy atom. The van der Waals surface area contributed by atoms with Gasteiger partial charge in [0.1, 0.15) is 23.7 Å². The molecule has 168 valence electrons. The van der Waals surface area contributed by atoms with Crippen LogP contribution in [0.1, 0.15) is 5.56 Å². The number of anilines is 2. The first kappa shape index (κ1) is 23.5. The van der Waals surface area contributed by atoms with E-state index in [1.54, 1.807) is 6.08 Å². The van der Waals surface area contributed by atoms with E-state index in [9.17, 15) is 18.0 Å². The minimum absolute atomic E-state index is 0.0724. The molecule has 0 aliphatic rings. The lowest BCUT2D eigenvalue weighted by Crippen LogP contribution is -2.11. The summed E-state index contributed by atoms with van der Waals surface area (Å²) in [7, 11) is 3.71. The van der Waals surface area contributed by atoms with Crippen LogP contribution in [-0.2, 0) is 11.2 Å². The van der Waals surface area contributed by atoms with Gasteiger partial charge < -0.3 is 15.0 Å². The van der Waals surface area contributed by atoms with E-state index >= 15 is 0 Å². The maximum Gasteiger partial charge on any atom is 0.387 e. The normalized spacial score (nSPS) is 11.6. The molecule has 0 aliphatic heterocycles. The Balaban J connectivity index is 1.98. The molecule has 1 N–H and O–H groups in total. The number of carbonyl (C=O) groups excluding carboxylic acids is 1. The van der Waals surface area contributed by atoms with Crippen LogP contribution in [0.15, 0.2) is 48.8 Å². The molecule has 0 radical (unpaired) electrons. The van der Waals surface area contributed by atoms with E-state index in [1.807, 2.05) is 19.0 Å². The van der Waals surface area contributed by atoms with E-state index in [2.05, 4.69) is 20.0 Å². The molecule has 6 nitrogen and oxygen atoms in total. The van der Waals surface area contributed by atoms with Crippen LogP contribution in [0.25, 0.3) is 10.9 Å². The molecule has 1 heterocycles. The fraction of sp³-hybridized carbons (Fsp3) is 0.227. The third-order valence-electron chi connectivity index (χ3n) is 4.35. The van der Waals surface area contributed by atoms with Crippen molar-refractivity contribution in [3.8, 4) is 5.75 Å². The van der Waals surface area contributed by atoms with Gasteiger partial charge in [-0.3, -0.25) is 4.79 Å². The van der Waals surface area contributed by atoms with Gasteiger partial charge in [0.25, 0.3) is 0 Å². The van der Waals surface area contributed by atoms with E-state index in [0.717, 1.165) is 0 Å². The monoisotopic (exact) mass is 464 g/mol. The lowest BCUT2D eigenvalue weighted by molar-refractivity contribution is -0.114. The zero-order valence-corrected chi connectivity index (χ0v) is 18.0. The molecule has 0 unspecified atom stereocenters. The smallest absolute Gasteiger partial charge is 0.387 e. The molecule has 0 fully saturated rings. The van der Waals surface area contributed by atoms with Gasteiger partial charge in [-0.15, -0.1) is 0 Å². The highest BCUT2D eigenvalue weighted by atomic mass is 35.5. The number of aromatic nitrogens is 2. The van der Waals surface area contributed by atoms with Gasteiger partial charge in [0, 0.05) is 35.7 Å². The van der Waals surface area contributed by atoms with E-state index < -0.39 is 12.4 Å². The van der Waals surface area contributed by atoms with Crippen molar-refractivity contribution in [1.29, 1.82) is 0 Å². The van der Waals surface area contributed by atoms with Crippen molar-refractivity contribution < 1.29 is 22.7 Å². The molecule has 0 spiro atoms. The molecule has 10 heteroatoms. The zero-order chi connectivity index (χ0) is 23.3. The fourth-order valence-corrected chi connectivity index (χ4v) is 3.10. The number of allylic oxidation sites excluding steroid dienone is 1. The van der Waals surface area contributed by atoms with Crippen LogP contribution >= 0.6 is 11.6 Å². The summed E-state index contributed by atoms with van der Waals surface area (Å²) in [6, 6.07) is 6.92. The number of rotatable bonds is 9. The molecule has 3 aromatic rings. The highest BCUT2D eigenvalue weighted by molar-refractivity contribution is 6.31. The van der Waals surface area contributed by atoms with Gasteiger partial charge in [-0.25, -0.2) is 14.4 Å². The van der Waals surface area contributed by atoms with Gasteiger partial charge in [-0.1, -0.05) is 17.7 Å². The number of benzene rings is 2. The van der Waals surface area contributed by atoms with Crippen LogP contribution in [0.4, 0.5) is 24.7 Å². The molecule has 0 bridgehead atoms. The second-order valence-corrected chi connectivity index (χ2v) is 7.55. The Bertz CT molecular complexity index is 1160. The molecule has 1 aromatic heterocycles. The highest BCUT2D eigenvalue weighted by Crippen LogP contribution is 2.32. The van der Waals surface area contributed by atoms with Crippen molar-refractivity contribution in [1.82, 2.24) is 14.9 Å². The minimum Gasteiger partial charge on any atom is -0.434 e. The number of fused-ring (bicyclic) bond motifs is 1. The Hall–Kier alpha value is -3.17. The molecular formula is C22H20ClF3N4O2. The molecule has 0 saturated carbocycles. The van der Waals surface area contributed by atoms with Crippen molar-refractivity contribution in [2.45, 2.75) is 13.0 Å². The Morgan fingerprint density at radius 3 is 2.72 bits per heavy atom. The summed E-state index contributed by atoms with van der Waals surface area (Å²) in [5.74, 6) is -0.655. The van der Waals surface area contributed by atoms with Crippen LogP contribution in [0.3, 0.4) is 0 Å². The fourth-order valence-electron chi connectivity index (χ4n) is 2.92. The average molecular weight is 465 g/mol. The molecule has 2 aromatic carbocycles. The third kappa shape index (κ3) is 6.18. The highest BCUT2D eigenvalue weighted by Gasteiger charge is 2.16. The average Bonchev–Trinajstić information content (AvgIpc) is 2.71. The first-order valence-electron chi connectivity index (χ1n) is 9.51. The number of halogens is 4. The molecule has 0 aliphatic carbocycles. The summed E-state index contributed by atoms with van der Waals surface area (Å²) in [6.07, 6.45) is 4.18. The maximum atomic E-state index is 13.4. The summed E-state index contributed by atoms with van der Waals surface area (Å²) in [4.78, 5) is 22.5. The zero-order valence-electron chi connectivity index (χ0n) is 17.3. The molecule has 32 heavy (non-hydrogen) atoms. The minimum atomic E-state index is -3.06. The van der Waals surface area contributed by atoms with Gasteiger partial charge in [-0.05, 0) is 44.4 Å². The summed E-state index contributed by atoms with van der Waals surface area (Å²) < 4.78 is 44.0. The number of hydrogen-bond acceptors (Lipinski definition) is 6. The van der Waals surface area contributed by atoms with Crippen molar-refractivity contribution in [2.24, 2.45) is 0 Å². The Labute approximate surface area is 187 Å². The molecule has 0 atom stereocenters. The molecule has 0 saturated heterocycles. The van der Waals surface area contributed by atoms with Crippen LogP contribution in [0.5, 0.6) is 5.75 Å². The number of likely N-dealkylation sites (N-methyl/N-ethyl adjacent to an activating group) is 1. The van der Waals surface area contributed by atoms with Crippen LogP contribution in [-0.4, -0.2) is 47.9 Å². The topological polar surface area (TPSA) is 67.4 Å². The number of ether oxygens (including phenoxy) is 1. The molecule has 3 rings (SSSR count). The summed E-state index contributed by atoms with van der Waals surface area (Å²) >= 11 is 5.83. The van der Waals surface area contributed by atoms with E-state index in [1.165, 1.54) is 42.7 Å². The van der Waals surface area contributed by atoms with E-state index in [-0.39, 0.29) is 28.5 Å². The lowest BCUT2D eigenvalue weighted by Gasteiger charge is -2.14. The number of hydrogen-bond donors (Lipinski definition) is 1. The van der Waals surface area contributed by atoms with Gasteiger partial charge in [0.05, 0.1) is 10.5 Å². The predicted octanol–water partition coefficient (Wildman–Crippen LogP) is 5.00. The standard InChI is InChI=1S/C22H20ClF3N4O2/c1-30(2)7-3-4-15(31)8-13-9-16-19(11-20(13)32-22(25)26)27-12-28-21(16)29-14-5-6-18(24)17(23)10-14/h3-6,9-12,22H,7-8H2,1-2H3,(H,27,28,29)/b4-3+. The number of nitrogens with one attached hydrogen (secondary N) is 1. The Morgan fingerprint density at radius 1 is 1.25 bits per heavy atom. The third-order valence-corrected chi connectivity index (χ3v) is 4.64. The maximum absolute atomic E-state index is 13.4. The number of ketones is 1. The first-order valence-corrected chi connectivity index (χ1v) is 9.89. The Kier molecular flexibility index (Phi) is 7.66. The van der Waals surface area contributed by atoms with Gasteiger partial charge >= 0.3 is 6.61 Å². The summed E-state index contributed by atoms with van der Waals surface area (Å²) in [5, 5.41) is 3.40. The lowest BCUT2D eigenvalue weighted by atomic mass is 10.0. The quantitative estimate of drug-likeness (QED) is 0.450. The number of nitrogens with zero attached hydrogens (tertiary/aromatic N) is 3. The molecule has 0 amide bonds. The predicted molar refractivity (Wildman–Crippen MR) is 117 cm³/mol. The van der Waals surface area contributed by atoms with Crippen molar-refractivity contribution in [3.63, 3.8) is 0 Å². The van der Waals surface area contributed by atoms with Crippen LogP contribution in [0.2, 0.25) is 5.02 Å². The van der Waals surface area contributed by atoms with E-state index in [4.69, 9.17) is 11.6 Å². The van der Waals surface area contributed by atoms with Gasteiger partial charge in [0.2, 0.25) is 0 Å². The second kappa shape index (κ2) is 10.4. The van der Waals surface area contributed by atoms with Crippen molar-refractivity contribution >= 4 is 39.8 Å². The molecular weight excluding hydrogens is 445 g/mol. The SMILES string of the molecule is CN(C)C/C=C/C(=O)Cc1cc2c(Nc3ccc(F)c(Cl)c3)ncnc2cc1OC(F)F. The van der Waals surface area contributed by atoms with E-state index in [0.29, 0.717) is 29.0 Å². The van der Waals surface area contributed by atoms with Gasteiger partial charge in [-0.2, -0.15) is 8.78 Å². The van der Waals surface area contributed by atoms with Gasteiger partial charge in [0.15, 0.2) is 5.78 Å². The van der Waals surface area contributed by atoms with Crippen LogP contribution < -0.4 is 10.1 Å².